The quantitative estimate of drug-likeness (QED) is 0.809. The fourth-order valence-corrected chi connectivity index (χ4v) is 2.14. The number of pyridine rings is 1. The van der Waals surface area contributed by atoms with E-state index in [1.54, 1.807) is 0 Å². The molecule has 0 saturated heterocycles. The smallest absolute Gasteiger partial charge is 0.232 e. The second-order valence-corrected chi connectivity index (χ2v) is 5.26. The van der Waals surface area contributed by atoms with E-state index in [9.17, 15) is 0 Å². The largest absolute Gasteiger partial charge is 0.474 e. The number of benzene rings is 1. The van der Waals surface area contributed by atoms with Crippen LogP contribution in [-0.2, 0) is 0 Å². The molecule has 3 heteroatoms. The molecule has 1 atom stereocenters. The molecule has 0 fully saturated rings. The number of halogens is 1. The Hall–Kier alpha value is -1.54. The molecule has 0 saturated carbocycles. The Morgan fingerprint density at radius 1 is 1.05 bits per heavy atom. The van der Waals surface area contributed by atoms with E-state index in [0.29, 0.717) is 10.9 Å². The van der Waals surface area contributed by atoms with Gasteiger partial charge in [0.05, 0.1) is 6.10 Å². The lowest BCUT2D eigenvalue weighted by atomic mass is 9.95. The fraction of sp³-hybridized carbons (Fsp3) is 0.312. The van der Waals surface area contributed by atoms with Gasteiger partial charge in [0.25, 0.3) is 0 Å². The molecule has 1 heterocycles. The molecule has 2 aromatic rings. The molecule has 1 aromatic carbocycles. The van der Waals surface area contributed by atoms with Crippen molar-refractivity contribution in [2.75, 3.05) is 0 Å². The number of hydrogen-bond donors (Lipinski definition) is 0. The van der Waals surface area contributed by atoms with Crippen LogP contribution in [0.4, 0.5) is 0 Å². The van der Waals surface area contributed by atoms with Gasteiger partial charge in [-0.05, 0) is 31.0 Å². The minimum absolute atomic E-state index is 0.0717. The molecular weight excluding hydrogens is 258 g/mol. The fourth-order valence-electron chi connectivity index (χ4n) is 1.92. The van der Waals surface area contributed by atoms with Gasteiger partial charge < -0.3 is 4.74 Å². The van der Waals surface area contributed by atoms with E-state index in [1.807, 2.05) is 44.3 Å². The van der Waals surface area contributed by atoms with Crippen LogP contribution in [0, 0.1) is 0 Å². The monoisotopic (exact) mass is 275 g/mol. The molecule has 0 N–H and O–H groups in total. The standard InChI is InChI=1S/C16H18ClNO/c1-11(2)19-16-15(17)9-14(10-18-16)12(3)13-7-5-4-6-8-13/h4-12H,1-3H3/t12-/m1/s1. The molecule has 0 aliphatic heterocycles. The van der Waals surface area contributed by atoms with Gasteiger partial charge in [0, 0.05) is 12.1 Å². The lowest BCUT2D eigenvalue weighted by molar-refractivity contribution is 0.232. The topological polar surface area (TPSA) is 22.1 Å². The minimum atomic E-state index is 0.0717. The van der Waals surface area contributed by atoms with Gasteiger partial charge in [0.15, 0.2) is 0 Å². The zero-order chi connectivity index (χ0) is 13.8. The number of rotatable bonds is 4. The summed E-state index contributed by atoms with van der Waals surface area (Å²) in [6.07, 6.45) is 1.91. The highest BCUT2D eigenvalue weighted by Crippen LogP contribution is 2.29. The van der Waals surface area contributed by atoms with Crippen molar-refractivity contribution in [3.05, 3.63) is 58.7 Å². The van der Waals surface area contributed by atoms with E-state index in [-0.39, 0.29) is 12.0 Å². The molecule has 0 aliphatic rings. The first-order chi connectivity index (χ1) is 9.08. The summed E-state index contributed by atoms with van der Waals surface area (Å²) < 4.78 is 5.54. The molecule has 0 bridgehead atoms. The van der Waals surface area contributed by atoms with Crippen LogP contribution in [0.1, 0.15) is 37.8 Å². The highest BCUT2D eigenvalue weighted by atomic mass is 35.5. The van der Waals surface area contributed by atoms with Gasteiger partial charge in [0.2, 0.25) is 5.88 Å². The highest BCUT2D eigenvalue weighted by molar-refractivity contribution is 6.31. The van der Waals surface area contributed by atoms with Crippen LogP contribution in [0.5, 0.6) is 5.88 Å². The van der Waals surface area contributed by atoms with Gasteiger partial charge in [-0.2, -0.15) is 0 Å². The summed E-state index contributed by atoms with van der Waals surface area (Å²) in [7, 11) is 0. The summed E-state index contributed by atoms with van der Waals surface area (Å²) in [5.41, 5.74) is 2.34. The van der Waals surface area contributed by atoms with E-state index in [4.69, 9.17) is 16.3 Å². The van der Waals surface area contributed by atoms with E-state index < -0.39 is 0 Å². The first kappa shape index (κ1) is 13.9. The Balaban J connectivity index is 2.25. The van der Waals surface area contributed by atoms with Crippen LogP contribution in [0.3, 0.4) is 0 Å². The molecule has 1 aromatic heterocycles. The van der Waals surface area contributed by atoms with Crippen molar-refractivity contribution >= 4 is 11.6 Å². The summed E-state index contributed by atoms with van der Waals surface area (Å²) >= 11 is 6.22. The Bertz CT molecular complexity index is 540. The number of aromatic nitrogens is 1. The van der Waals surface area contributed by atoms with Crippen molar-refractivity contribution in [3.8, 4) is 5.88 Å². The van der Waals surface area contributed by atoms with Crippen LogP contribution in [0.15, 0.2) is 42.6 Å². The first-order valence-electron chi connectivity index (χ1n) is 6.45. The van der Waals surface area contributed by atoms with Crippen LogP contribution in [-0.4, -0.2) is 11.1 Å². The van der Waals surface area contributed by atoms with Crippen molar-refractivity contribution in [2.45, 2.75) is 32.8 Å². The Morgan fingerprint density at radius 2 is 1.74 bits per heavy atom. The summed E-state index contributed by atoms with van der Waals surface area (Å²) in [5, 5.41) is 0.564. The van der Waals surface area contributed by atoms with Crippen molar-refractivity contribution in [2.24, 2.45) is 0 Å². The molecule has 0 unspecified atom stereocenters. The molecule has 0 aliphatic carbocycles. The highest BCUT2D eigenvalue weighted by Gasteiger charge is 2.12. The third-order valence-electron chi connectivity index (χ3n) is 2.98. The lowest BCUT2D eigenvalue weighted by Gasteiger charge is -2.15. The molecule has 0 radical (unpaired) electrons. The van der Waals surface area contributed by atoms with Crippen LogP contribution < -0.4 is 4.74 Å². The Labute approximate surface area is 119 Å². The van der Waals surface area contributed by atoms with Gasteiger partial charge in [-0.1, -0.05) is 48.9 Å². The van der Waals surface area contributed by atoms with Crippen molar-refractivity contribution in [1.29, 1.82) is 0 Å². The van der Waals surface area contributed by atoms with Gasteiger partial charge in [-0.25, -0.2) is 4.98 Å². The van der Waals surface area contributed by atoms with Crippen LogP contribution in [0.2, 0.25) is 5.02 Å². The zero-order valence-electron chi connectivity index (χ0n) is 11.4. The van der Waals surface area contributed by atoms with E-state index in [0.717, 1.165) is 5.56 Å². The summed E-state index contributed by atoms with van der Waals surface area (Å²) in [5.74, 6) is 0.764. The molecule has 0 amide bonds. The average Bonchev–Trinajstić information content (AvgIpc) is 2.41. The van der Waals surface area contributed by atoms with Crippen LogP contribution >= 0.6 is 11.6 Å². The van der Waals surface area contributed by atoms with E-state index in [2.05, 4.69) is 24.0 Å². The second kappa shape index (κ2) is 6.07. The first-order valence-corrected chi connectivity index (χ1v) is 6.82. The Morgan fingerprint density at radius 3 is 2.32 bits per heavy atom. The lowest BCUT2D eigenvalue weighted by Crippen LogP contribution is -2.08. The predicted molar refractivity (Wildman–Crippen MR) is 79.0 cm³/mol. The summed E-state index contributed by atoms with van der Waals surface area (Å²) in [6.45, 7) is 6.06. The summed E-state index contributed by atoms with van der Waals surface area (Å²) in [6, 6.07) is 12.2. The molecule has 2 rings (SSSR count). The molecule has 0 spiro atoms. The van der Waals surface area contributed by atoms with E-state index in [1.165, 1.54) is 5.56 Å². The van der Waals surface area contributed by atoms with Gasteiger partial charge in [-0.15, -0.1) is 0 Å². The third-order valence-corrected chi connectivity index (χ3v) is 3.25. The molecule has 100 valence electrons. The minimum Gasteiger partial charge on any atom is -0.474 e. The van der Waals surface area contributed by atoms with Crippen molar-refractivity contribution < 1.29 is 4.74 Å². The maximum Gasteiger partial charge on any atom is 0.232 e. The number of nitrogens with zero attached hydrogens (tertiary/aromatic N) is 1. The van der Waals surface area contributed by atoms with Gasteiger partial charge in [0.1, 0.15) is 5.02 Å². The zero-order valence-corrected chi connectivity index (χ0v) is 12.2. The van der Waals surface area contributed by atoms with Gasteiger partial charge in [-0.3, -0.25) is 0 Å². The number of ether oxygens (including phenoxy) is 1. The predicted octanol–water partition coefficient (Wildman–Crippen LogP) is 4.67. The second-order valence-electron chi connectivity index (χ2n) is 4.85. The van der Waals surface area contributed by atoms with Crippen molar-refractivity contribution in [3.63, 3.8) is 0 Å². The molecular formula is C16H18ClNO. The SMILES string of the molecule is CC(C)Oc1ncc([C@H](C)c2ccccc2)cc1Cl. The van der Waals surface area contributed by atoms with Gasteiger partial charge >= 0.3 is 0 Å². The normalized spacial score (nSPS) is 12.5. The molecule has 19 heavy (non-hydrogen) atoms. The van der Waals surface area contributed by atoms with Crippen molar-refractivity contribution in [1.82, 2.24) is 4.98 Å². The average molecular weight is 276 g/mol. The summed E-state index contributed by atoms with van der Waals surface area (Å²) in [4.78, 5) is 4.31. The Kier molecular flexibility index (Phi) is 4.43. The maximum absolute atomic E-state index is 6.22. The van der Waals surface area contributed by atoms with E-state index >= 15 is 0 Å². The number of hydrogen-bond acceptors (Lipinski definition) is 2. The third kappa shape index (κ3) is 3.48. The molecule has 2 nitrogen and oxygen atoms in total. The van der Waals surface area contributed by atoms with Crippen LogP contribution in [0.25, 0.3) is 0 Å². The maximum atomic E-state index is 6.22.